The number of rotatable bonds is 5. The van der Waals surface area contributed by atoms with E-state index in [4.69, 9.17) is 5.11 Å². The lowest BCUT2D eigenvalue weighted by molar-refractivity contribution is -0.137. The first-order valence-corrected chi connectivity index (χ1v) is 6.56. The minimum Gasteiger partial charge on any atom is -0.481 e. The number of nitrogens with zero attached hydrogens (tertiary/aromatic N) is 3. The Balaban J connectivity index is 2.06. The molecule has 1 saturated heterocycles. The number of H-pyrrole nitrogens is 1. The fourth-order valence-electron chi connectivity index (χ4n) is 2.38. The number of aromatic amines is 1. The lowest BCUT2D eigenvalue weighted by Gasteiger charge is -2.21. The summed E-state index contributed by atoms with van der Waals surface area (Å²) in [4.78, 5) is 28.7. The third kappa shape index (κ3) is 3.10. The number of aromatic nitrogens is 3. The number of carbonyl (C=O) groups is 2. The monoisotopic (exact) mass is 266 g/mol. The van der Waals surface area contributed by atoms with E-state index in [1.54, 1.807) is 4.90 Å². The average Bonchev–Trinajstić information content (AvgIpc) is 2.97. The first-order chi connectivity index (χ1) is 9.11. The van der Waals surface area contributed by atoms with E-state index in [9.17, 15) is 9.59 Å². The van der Waals surface area contributed by atoms with Gasteiger partial charge in [0.2, 0.25) is 5.82 Å². The number of amides is 1. The van der Waals surface area contributed by atoms with Gasteiger partial charge in [-0.3, -0.25) is 14.7 Å². The van der Waals surface area contributed by atoms with Crippen molar-refractivity contribution in [3.8, 4) is 0 Å². The fourth-order valence-corrected chi connectivity index (χ4v) is 2.38. The molecular weight excluding hydrogens is 248 g/mol. The standard InChI is InChI=1S/C12H18N4O3/c1-2-4-9-13-11(15-14-9)12(19)16-6-3-5-8(16)7-10(17)18/h8H,2-7H2,1H3,(H,17,18)(H,13,14,15). The summed E-state index contributed by atoms with van der Waals surface area (Å²) in [5, 5.41) is 15.5. The first kappa shape index (κ1) is 13.5. The van der Waals surface area contributed by atoms with Gasteiger partial charge < -0.3 is 10.0 Å². The summed E-state index contributed by atoms with van der Waals surface area (Å²) in [5.41, 5.74) is 0. The summed E-state index contributed by atoms with van der Waals surface area (Å²) < 4.78 is 0. The molecule has 1 fully saturated rings. The third-order valence-corrected chi connectivity index (χ3v) is 3.26. The van der Waals surface area contributed by atoms with Crippen LogP contribution in [0.4, 0.5) is 0 Å². The molecular formula is C12H18N4O3. The smallest absolute Gasteiger partial charge is 0.305 e. The molecule has 1 aromatic rings. The van der Waals surface area contributed by atoms with Crippen LogP contribution in [0.5, 0.6) is 0 Å². The molecule has 2 heterocycles. The molecule has 104 valence electrons. The van der Waals surface area contributed by atoms with Crippen molar-refractivity contribution in [2.24, 2.45) is 0 Å². The zero-order valence-electron chi connectivity index (χ0n) is 10.9. The summed E-state index contributed by atoms with van der Waals surface area (Å²) in [6, 6.07) is -0.238. The second kappa shape index (κ2) is 5.81. The number of hydrogen-bond donors (Lipinski definition) is 2. The number of carboxylic acid groups (broad SMARTS) is 1. The van der Waals surface area contributed by atoms with E-state index < -0.39 is 5.97 Å². The lowest BCUT2D eigenvalue weighted by atomic mass is 10.1. The molecule has 1 aromatic heterocycles. The quantitative estimate of drug-likeness (QED) is 0.822. The van der Waals surface area contributed by atoms with Gasteiger partial charge in [0.1, 0.15) is 5.82 Å². The van der Waals surface area contributed by atoms with E-state index >= 15 is 0 Å². The molecule has 1 aliphatic rings. The van der Waals surface area contributed by atoms with Crippen LogP contribution in [0.2, 0.25) is 0 Å². The molecule has 1 aliphatic heterocycles. The normalized spacial score (nSPS) is 18.8. The van der Waals surface area contributed by atoms with Gasteiger partial charge in [0.15, 0.2) is 0 Å². The second-order valence-corrected chi connectivity index (χ2v) is 4.75. The van der Waals surface area contributed by atoms with E-state index in [-0.39, 0.29) is 24.2 Å². The number of carboxylic acids is 1. The van der Waals surface area contributed by atoms with Crippen molar-refractivity contribution < 1.29 is 14.7 Å². The Labute approximate surface area is 111 Å². The highest BCUT2D eigenvalue weighted by atomic mass is 16.4. The van der Waals surface area contributed by atoms with E-state index in [0.29, 0.717) is 12.4 Å². The maximum absolute atomic E-state index is 12.2. The van der Waals surface area contributed by atoms with Gasteiger partial charge in [-0.1, -0.05) is 6.92 Å². The Morgan fingerprint density at radius 1 is 1.53 bits per heavy atom. The largest absolute Gasteiger partial charge is 0.481 e. The summed E-state index contributed by atoms with van der Waals surface area (Å²) in [5.74, 6) is -0.325. The third-order valence-electron chi connectivity index (χ3n) is 3.26. The number of aryl methyl sites for hydroxylation is 1. The summed E-state index contributed by atoms with van der Waals surface area (Å²) in [6.07, 6.45) is 3.21. The molecule has 7 heteroatoms. The number of likely N-dealkylation sites (tertiary alicyclic amines) is 1. The molecule has 0 bridgehead atoms. The zero-order chi connectivity index (χ0) is 13.8. The van der Waals surface area contributed by atoms with Crippen molar-refractivity contribution in [3.05, 3.63) is 11.6 Å². The summed E-state index contributed by atoms with van der Waals surface area (Å²) in [7, 11) is 0. The van der Waals surface area contributed by atoms with Crippen LogP contribution in [-0.2, 0) is 11.2 Å². The number of nitrogens with one attached hydrogen (secondary N) is 1. The van der Waals surface area contributed by atoms with Crippen LogP contribution in [0.1, 0.15) is 49.1 Å². The molecule has 0 spiro atoms. The van der Waals surface area contributed by atoms with Crippen molar-refractivity contribution in [1.29, 1.82) is 0 Å². The Bertz CT molecular complexity index is 471. The molecule has 1 amide bonds. The van der Waals surface area contributed by atoms with Crippen molar-refractivity contribution in [1.82, 2.24) is 20.1 Å². The van der Waals surface area contributed by atoms with E-state index in [2.05, 4.69) is 15.2 Å². The Morgan fingerprint density at radius 2 is 2.32 bits per heavy atom. The summed E-state index contributed by atoms with van der Waals surface area (Å²) >= 11 is 0. The van der Waals surface area contributed by atoms with Crippen LogP contribution in [0, 0.1) is 0 Å². The minimum atomic E-state index is -0.883. The molecule has 0 aromatic carbocycles. The van der Waals surface area contributed by atoms with Gasteiger partial charge in [-0.05, 0) is 19.3 Å². The van der Waals surface area contributed by atoms with Crippen LogP contribution in [0.15, 0.2) is 0 Å². The number of aliphatic carboxylic acids is 1. The fraction of sp³-hybridized carbons (Fsp3) is 0.667. The van der Waals surface area contributed by atoms with Gasteiger partial charge in [-0.2, -0.15) is 0 Å². The van der Waals surface area contributed by atoms with Gasteiger partial charge in [0, 0.05) is 19.0 Å². The van der Waals surface area contributed by atoms with Crippen molar-refractivity contribution in [2.75, 3.05) is 6.54 Å². The van der Waals surface area contributed by atoms with Gasteiger partial charge in [0.05, 0.1) is 6.42 Å². The van der Waals surface area contributed by atoms with Crippen LogP contribution < -0.4 is 0 Å². The van der Waals surface area contributed by atoms with Gasteiger partial charge in [-0.15, -0.1) is 5.10 Å². The maximum atomic E-state index is 12.2. The Morgan fingerprint density at radius 3 is 3.00 bits per heavy atom. The van der Waals surface area contributed by atoms with E-state index in [1.165, 1.54) is 0 Å². The second-order valence-electron chi connectivity index (χ2n) is 4.75. The van der Waals surface area contributed by atoms with Crippen molar-refractivity contribution in [2.45, 2.75) is 45.1 Å². The van der Waals surface area contributed by atoms with Crippen LogP contribution in [-0.4, -0.2) is 49.7 Å². The van der Waals surface area contributed by atoms with Crippen LogP contribution in [0.3, 0.4) is 0 Å². The molecule has 2 rings (SSSR count). The molecule has 0 radical (unpaired) electrons. The summed E-state index contributed by atoms with van der Waals surface area (Å²) in [6.45, 7) is 2.60. The van der Waals surface area contributed by atoms with E-state index in [0.717, 1.165) is 25.7 Å². The number of hydrogen-bond acceptors (Lipinski definition) is 4. The molecule has 1 unspecified atom stereocenters. The molecule has 2 N–H and O–H groups in total. The number of carbonyl (C=O) groups excluding carboxylic acids is 1. The zero-order valence-corrected chi connectivity index (χ0v) is 10.9. The average molecular weight is 266 g/mol. The predicted molar refractivity (Wildman–Crippen MR) is 66.7 cm³/mol. The van der Waals surface area contributed by atoms with Crippen LogP contribution in [0.25, 0.3) is 0 Å². The molecule has 0 aliphatic carbocycles. The van der Waals surface area contributed by atoms with Crippen molar-refractivity contribution in [3.63, 3.8) is 0 Å². The SMILES string of the molecule is CCCc1nc(C(=O)N2CCCC2CC(=O)O)n[nH]1. The van der Waals surface area contributed by atoms with Gasteiger partial charge >= 0.3 is 5.97 Å². The highest BCUT2D eigenvalue weighted by Crippen LogP contribution is 2.21. The molecule has 19 heavy (non-hydrogen) atoms. The van der Waals surface area contributed by atoms with Gasteiger partial charge in [-0.25, -0.2) is 4.98 Å². The highest BCUT2D eigenvalue weighted by molar-refractivity contribution is 5.91. The van der Waals surface area contributed by atoms with Crippen molar-refractivity contribution >= 4 is 11.9 Å². The lowest BCUT2D eigenvalue weighted by Crippen LogP contribution is -2.37. The maximum Gasteiger partial charge on any atom is 0.305 e. The topological polar surface area (TPSA) is 99.2 Å². The Hall–Kier alpha value is -1.92. The molecule has 0 saturated carbocycles. The Kier molecular flexibility index (Phi) is 4.13. The highest BCUT2D eigenvalue weighted by Gasteiger charge is 2.32. The first-order valence-electron chi connectivity index (χ1n) is 6.56. The van der Waals surface area contributed by atoms with Gasteiger partial charge in [0.25, 0.3) is 5.91 Å². The molecule has 1 atom stereocenters. The minimum absolute atomic E-state index is 0.0159. The van der Waals surface area contributed by atoms with E-state index in [1.807, 2.05) is 6.92 Å². The predicted octanol–water partition coefficient (Wildman–Crippen LogP) is 0.837. The molecule has 7 nitrogen and oxygen atoms in total. The van der Waals surface area contributed by atoms with Crippen LogP contribution >= 0.6 is 0 Å².